The van der Waals surface area contributed by atoms with E-state index in [1.807, 2.05) is 32.6 Å². The average molecular weight is 858 g/mol. The SMILES string of the molecule is CCN1c2cc(NS(=O)(=O)C(F)(F)F)c(N=Nc3nncs3)cc2CCC1C.CCN1c2cc(NS(=O)(=O)C(F)(F)F)ccc2CCC1C.Nc1nncs1. The van der Waals surface area contributed by atoms with E-state index in [1.54, 1.807) is 27.1 Å². The molecule has 2 aromatic carbocycles. The number of sulfonamides is 2. The van der Waals surface area contributed by atoms with Crippen LogP contribution in [0.25, 0.3) is 0 Å². The van der Waals surface area contributed by atoms with Gasteiger partial charge in [-0.15, -0.1) is 30.6 Å². The molecule has 4 heterocycles. The van der Waals surface area contributed by atoms with E-state index in [9.17, 15) is 43.2 Å². The highest BCUT2D eigenvalue weighted by molar-refractivity contribution is 7.93. The van der Waals surface area contributed by atoms with Crippen molar-refractivity contribution in [2.24, 2.45) is 10.2 Å². The standard InChI is InChI=1S/C15H17F3N6O2S2.C13H17F3N2O2S.C2H3N3S/c1-3-24-9(2)4-5-10-6-11(20-22-14-21-19-8-27-14)12(7-13(10)24)23-28(25,26)15(16,17)18;1-3-18-9(2)4-5-10-6-7-11(8-12(10)18)17-21(19,20)13(14,15)16;3-2-5-4-1-6-2/h6-9,23H,3-5H2,1-2H3;6-9,17H,3-5H2,1-2H3;1H,(H2,3,5). The first-order chi connectivity index (χ1) is 25.7. The number of alkyl halides is 6. The molecule has 0 saturated carbocycles. The predicted octanol–water partition coefficient (Wildman–Crippen LogP) is 7.61. The number of halogens is 6. The number of nitrogens with zero attached hydrogens (tertiary/aromatic N) is 8. The van der Waals surface area contributed by atoms with Crippen LogP contribution in [0.2, 0.25) is 0 Å². The van der Waals surface area contributed by atoms with Gasteiger partial charge in [0, 0.05) is 36.5 Å². The highest BCUT2D eigenvalue weighted by atomic mass is 32.2. The van der Waals surface area contributed by atoms with Crippen molar-refractivity contribution in [3.63, 3.8) is 0 Å². The molecule has 15 nitrogen and oxygen atoms in total. The first kappa shape index (κ1) is 43.4. The van der Waals surface area contributed by atoms with Gasteiger partial charge in [-0.3, -0.25) is 9.44 Å². The van der Waals surface area contributed by atoms with Crippen LogP contribution in [0, 0.1) is 0 Å². The number of anilines is 5. The van der Waals surface area contributed by atoms with Gasteiger partial charge in [-0.25, -0.2) is 0 Å². The van der Waals surface area contributed by atoms with Gasteiger partial charge < -0.3 is 15.5 Å². The molecule has 0 radical (unpaired) electrons. The second-order valence-electron chi connectivity index (χ2n) is 12.0. The minimum absolute atomic E-state index is 0.0209. The summed E-state index contributed by atoms with van der Waals surface area (Å²) in [5.41, 5.74) is 0.334. The van der Waals surface area contributed by atoms with Crippen molar-refractivity contribution >= 4 is 81.4 Å². The van der Waals surface area contributed by atoms with Crippen LogP contribution < -0.4 is 25.0 Å². The Balaban J connectivity index is 0.000000218. The van der Waals surface area contributed by atoms with Crippen LogP contribution in [0.1, 0.15) is 51.7 Å². The molecule has 302 valence electrons. The number of rotatable bonds is 8. The molecule has 0 amide bonds. The monoisotopic (exact) mass is 857 g/mol. The van der Waals surface area contributed by atoms with Crippen LogP contribution in [-0.2, 0) is 32.9 Å². The maximum atomic E-state index is 12.9. The summed E-state index contributed by atoms with van der Waals surface area (Å²) in [5, 5.41) is 22.7. The average Bonchev–Trinajstić information content (AvgIpc) is 3.81. The second kappa shape index (κ2) is 17.6. The molecule has 0 spiro atoms. The number of hydrogen-bond acceptors (Lipinski definition) is 15. The summed E-state index contributed by atoms with van der Waals surface area (Å²) in [7, 11) is -11.0. The fraction of sp³-hybridized carbons (Fsp3) is 0.467. The quantitative estimate of drug-likeness (QED) is 0.116. The smallest absolute Gasteiger partial charge is 0.374 e. The lowest BCUT2D eigenvalue weighted by atomic mass is 9.95. The van der Waals surface area contributed by atoms with Gasteiger partial charge >= 0.3 is 31.1 Å². The fourth-order valence-corrected chi connectivity index (χ4v) is 7.53. The number of nitrogens with one attached hydrogen (secondary N) is 2. The second-order valence-corrected chi connectivity index (χ2v) is 17.0. The molecule has 2 aliphatic rings. The molecule has 0 bridgehead atoms. The molecule has 0 fully saturated rings. The van der Waals surface area contributed by atoms with E-state index < -0.39 is 31.1 Å². The number of benzene rings is 2. The van der Waals surface area contributed by atoms with Crippen molar-refractivity contribution in [1.82, 2.24) is 20.4 Å². The van der Waals surface area contributed by atoms with Crippen LogP contribution >= 0.6 is 22.7 Å². The molecule has 0 aliphatic carbocycles. The Morgan fingerprint density at radius 1 is 0.782 bits per heavy atom. The Morgan fingerprint density at radius 3 is 1.82 bits per heavy atom. The molecule has 2 aromatic heterocycles. The lowest BCUT2D eigenvalue weighted by molar-refractivity contribution is -0.0435. The predicted molar refractivity (Wildman–Crippen MR) is 200 cm³/mol. The first-order valence-corrected chi connectivity index (χ1v) is 21.1. The number of aryl methyl sites for hydroxylation is 2. The summed E-state index contributed by atoms with van der Waals surface area (Å²) in [6.45, 7) is 9.27. The van der Waals surface area contributed by atoms with E-state index in [2.05, 4.69) is 35.5 Å². The highest BCUT2D eigenvalue weighted by Gasteiger charge is 2.47. The molecule has 25 heteroatoms. The lowest BCUT2D eigenvalue weighted by Gasteiger charge is -2.36. The number of hydrogen-bond donors (Lipinski definition) is 3. The third kappa shape index (κ3) is 10.9. The van der Waals surface area contributed by atoms with Crippen molar-refractivity contribution in [2.45, 2.75) is 76.5 Å². The highest BCUT2D eigenvalue weighted by Crippen LogP contribution is 2.41. The topological polar surface area (TPSA) is 201 Å². The summed E-state index contributed by atoms with van der Waals surface area (Å²) in [5.74, 6) is 0. The number of nitrogens with two attached hydrogens (primary N) is 1. The van der Waals surface area contributed by atoms with Crippen LogP contribution in [0.4, 0.5) is 65.0 Å². The Labute approximate surface area is 321 Å². The lowest BCUT2D eigenvalue weighted by Crippen LogP contribution is -2.37. The van der Waals surface area contributed by atoms with Gasteiger partial charge in [0.25, 0.3) is 5.13 Å². The molecule has 2 unspecified atom stereocenters. The maximum Gasteiger partial charge on any atom is 0.516 e. The molecule has 4 aromatic rings. The van der Waals surface area contributed by atoms with Gasteiger partial charge in [0.15, 0.2) is 0 Å². The van der Waals surface area contributed by atoms with Crippen LogP contribution in [-0.4, -0.2) is 73.4 Å². The fourth-order valence-electron chi connectivity index (χ4n) is 5.74. The molecule has 2 atom stereocenters. The van der Waals surface area contributed by atoms with Gasteiger partial charge in [-0.2, -0.15) is 43.2 Å². The minimum Gasteiger partial charge on any atom is -0.374 e. The number of azo groups is 1. The summed E-state index contributed by atoms with van der Waals surface area (Å²) in [6, 6.07) is 7.91. The molecule has 55 heavy (non-hydrogen) atoms. The minimum atomic E-state index is -5.61. The van der Waals surface area contributed by atoms with Crippen LogP contribution in [0.15, 0.2) is 51.6 Å². The summed E-state index contributed by atoms with van der Waals surface area (Å²) in [4.78, 5) is 4.07. The van der Waals surface area contributed by atoms with Crippen molar-refractivity contribution in [3.05, 3.63) is 52.5 Å². The zero-order valence-corrected chi connectivity index (χ0v) is 32.9. The molecule has 6 rings (SSSR count). The molecule has 2 aliphatic heterocycles. The van der Waals surface area contributed by atoms with Gasteiger partial charge in [-0.05, 0) is 88.8 Å². The Kier molecular flexibility index (Phi) is 13.9. The largest absolute Gasteiger partial charge is 0.516 e. The zero-order valence-electron chi connectivity index (χ0n) is 29.6. The molecule has 4 N–H and O–H groups in total. The Hall–Kier alpha value is -4.36. The van der Waals surface area contributed by atoms with Crippen molar-refractivity contribution in [3.8, 4) is 0 Å². The maximum absolute atomic E-state index is 12.9. The summed E-state index contributed by atoms with van der Waals surface area (Å²) < 4.78 is 125. The van der Waals surface area contributed by atoms with E-state index in [0.29, 0.717) is 30.3 Å². The molecular weight excluding hydrogens is 821 g/mol. The third-order valence-corrected chi connectivity index (χ3v) is 11.7. The Morgan fingerprint density at radius 2 is 1.33 bits per heavy atom. The summed E-state index contributed by atoms with van der Waals surface area (Å²) >= 11 is 2.42. The van der Waals surface area contributed by atoms with Crippen molar-refractivity contribution in [1.29, 1.82) is 0 Å². The first-order valence-electron chi connectivity index (χ1n) is 16.4. The van der Waals surface area contributed by atoms with E-state index >= 15 is 0 Å². The third-order valence-electron chi connectivity index (χ3n) is 8.38. The van der Waals surface area contributed by atoms with Gasteiger partial charge in [0.05, 0.1) is 11.4 Å². The normalized spacial score (nSPS) is 17.3. The number of nitrogen functional groups attached to an aromatic ring is 1. The van der Waals surface area contributed by atoms with E-state index in [-0.39, 0.29) is 34.3 Å². The van der Waals surface area contributed by atoms with E-state index in [1.165, 1.54) is 35.0 Å². The van der Waals surface area contributed by atoms with Gasteiger partial charge in [0.2, 0.25) is 5.13 Å². The number of aromatic nitrogens is 4. The summed E-state index contributed by atoms with van der Waals surface area (Å²) in [6.07, 6.45) is 3.36. The van der Waals surface area contributed by atoms with Crippen LogP contribution in [0.5, 0.6) is 0 Å². The Bertz CT molecular complexity index is 2140. The van der Waals surface area contributed by atoms with Gasteiger partial charge in [0.1, 0.15) is 16.7 Å². The van der Waals surface area contributed by atoms with Crippen molar-refractivity contribution < 1.29 is 43.2 Å². The number of fused-ring (bicyclic) bond motifs is 2. The van der Waals surface area contributed by atoms with Gasteiger partial charge in [-0.1, -0.05) is 28.7 Å². The zero-order chi connectivity index (χ0) is 40.8. The molecule has 0 saturated heterocycles. The van der Waals surface area contributed by atoms with E-state index in [4.69, 9.17) is 5.73 Å². The van der Waals surface area contributed by atoms with E-state index in [0.717, 1.165) is 47.4 Å². The molecular formula is C30H37F6N11O4S4. The van der Waals surface area contributed by atoms with Crippen molar-refractivity contribution in [2.75, 3.05) is 38.1 Å². The van der Waals surface area contributed by atoms with Crippen LogP contribution in [0.3, 0.4) is 0 Å².